The lowest BCUT2D eigenvalue weighted by Gasteiger charge is -2.17. The van der Waals surface area contributed by atoms with Gasteiger partial charge in [-0.15, -0.1) is 0 Å². The smallest absolute Gasteiger partial charge is 0.337 e. The number of aliphatic hydroxyl groups excluding tert-OH is 1. The van der Waals surface area contributed by atoms with Crippen molar-refractivity contribution in [2.75, 3.05) is 11.9 Å². The lowest BCUT2D eigenvalue weighted by Crippen LogP contribution is -2.20. The highest BCUT2D eigenvalue weighted by Gasteiger charge is 2.23. The van der Waals surface area contributed by atoms with Crippen LogP contribution in [0, 0.1) is 0 Å². The van der Waals surface area contributed by atoms with E-state index in [1.807, 2.05) is 0 Å². The molecular weight excluding hydrogens is 184 g/mol. The summed E-state index contributed by atoms with van der Waals surface area (Å²) in [6.45, 7) is 0.111. The van der Waals surface area contributed by atoms with Gasteiger partial charge in [-0.1, -0.05) is 0 Å². The number of carboxylic acid groups (broad SMARTS) is 1. The molecule has 2 rings (SSSR count). The molecule has 72 valence electrons. The fourth-order valence-electron chi connectivity index (χ4n) is 1.32. The van der Waals surface area contributed by atoms with E-state index >= 15 is 0 Å². The van der Waals surface area contributed by atoms with Gasteiger partial charge in [0.05, 0.1) is 17.8 Å². The van der Waals surface area contributed by atoms with Crippen LogP contribution < -0.4 is 5.32 Å². The van der Waals surface area contributed by atoms with E-state index in [-0.39, 0.29) is 23.6 Å². The summed E-state index contributed by atoms with van der Waals surface area (Å²) in [4.78, 5) is 14.6. The number of pyridine rings is 1. The molecule has 5 nitrogen and oxygen atoms in total. The number of nitrogens with one attached hydrogen (secondary N) is 1. The molecule has 0 saturated heterocycles. The van der Waals surface area contributed by atoms with Crippen LogP contribution in [0.1, 0.15) is 5.69 Å². The van der Waals surface area contributed by atoms with Crippen molar-refractivity contribution >= 4 is 17.4 Å². The van der Waals surface area contributed by atoms with Crippen molar-refractivity contribution in [2.45, 2.75) is 0 Å². The van der Waals surface area contributed by atoms with E-state index < -0.39 is 5.97 Å². The maximum atomic E-state index is 10.7. The number of carbonyl (C=O) groups is 1. The molecule has 0 bridgehead atoms. The molecule has 0 spiro atoms. The maximum absolute atomic E-state index is 10.7. The Balaban J connectivity index is 2.56. The van der Waals surface area contributed by atoms with Gasteiger partial charge in [-0.25, -0.2) is 4.79 Å². The zero-order chi connectivity index (χ0) is 10.1. The fourth-order valence-corrected chi connectivity index (χ4v) is 1.32. The predicted molar refractivity (Wildman–Crippen MR) is 49.9 cm³/mol. The summed E-state index contributed by atoms with van der Waals surface area (Å²) in [5, 5.41) is 21.2. The highest BCUT2D eigenvalue weighted by Crippen LogP contribution is 2.26. The van der Waals surface area contributed by atoms with Crippen LogP contribution in [0.5, 0.6) is 0 Å². The Morgan fingerprint density at radius 1 is 1.57 bits per heavy atom. The van der Waals surface area contributed by atoms with Gasteiger partial charge in [-0.3, -0.25) is 4.98 Å². The van der Waals surface area contributed by atoms with Crippen molar-refractivity contribution in [3.05, 3.63) is 29.6 Å². The third-order valence-corrected chi connectivity index (χ3v) is 2.03. The average molecular weight is 192 g/mol. The van der Waals surface area contributed by atoms with Crippen LogP contribution in [0.3, 0.4) is 0 Å². The number of hydrogen-bond donors (Lipinski definition) is 3. The first-order valence-corrected chi connectivity index (χ1v) is 4.05. The quantitative estimate of drug-likeness (QED) is 0.614. The number of aromatic nitrogens is 1. The van der Waals surface area contributed by atoms with Gasteiger partial charge < -0.3 is 15.5 Å². The first kappa shape index (κ1) is 8.55. The molecule has 0 fully saturated rings. The van der Waals surface area contributed by atoms with Gasteiger partial charge in [0.2, 0.25) is 0 Å². The summed E-state index contributed by atoms with van der Waals surface area (Å²) in [7, 11) is 0. The second-order valence-corrected chi connectivity index (χ2v) is 2.89. The van der Waals surface area contributed by atoms with Crippen molar-refractivity contribution in [2.24, 2.45) is 0 Å². The number of anilines is 1. The highest BCUT2D eigenvalue weighted by molar-refractivity contribution is 5.97. The van der Waals surface area contributed by atoms with Gasteiger partial charge in [-0.05, 0) is 12.1 Å². The Labute approximate surface area is 79.7 Å². The van der Waals surface area contributed by atoms with Crippen LogP contribution in [-0.2, 0) is 4.79 Å². The first-order valence-electron chi connectivity index (χ1n) is 4.05. The number of fused-ring (bicyclic) bond motifs is 1. The number of aliphatic hydroxyl groups is 1. The molecule has 0 unspecified atom stereocenters. The van der Waals surface area contributed by atoms with Crippen LogP contribution in [0.15, 0.2) is 23.9 Å². The Morgan fingerprint density at radius 2 is 2.36 bits per heavy atom. The average Bonchev–Trinajstić information content (AvgIpc) is 2.18. The van der Waals surface area contributed by atoms with Gasteiger partial charge >= 0.3 is 5.97 Å². The van der Waals surface area contributed by atoms with Gasteiger partial charge in [-0.2, -0.15) is 0 Å². The van der Waals surface area contributed by atoms with Crippen molar-refractivity contribution in [1.29, 1.82) is 0 Å². The Kier molecular flexibility index (Phi) is 1.85. The molecule has 0 amide bonds. The zero-order valence-electron chi connectivity index (χ0n) is 7.19. The molecule has 3 N–H and O–H groups in total. The molecule has 0 atom stereocenters. The van der Waals surface area contributed by atoms with E-state index in [4.69, 9.17) is 5.11 Å². The first-order chi connectivity index (χ1) is 6.70. The SMILES string of the molecule is O=C(O)C1=C(O)c2ncccc2NC1. The normalized spacial score (nSPS) is 14.6. The van der Waals surface area contributed by atoms with E-state index in [9.17, 15) is 9.90 Å². The van der Waals surface area contributed by atoms with Crippen molar-refractivity contribution in [3.63, 3.8) is 0 Å². The van der Waals surface area contributed by atoms with Crippen LogP contribution in [0.2, 0.25) is 0 Å². The van der Waals surface area contributed by atoms with E-state index in [0.717, 1.165) is 0 Å². The molecule has 1 aliphatic heterocycles. The molecule has 2 heterocycles. The van der Waals surface area contributed by atoms with Gasteiger partial charge in [0.1, 0.15) is 5.69 Å². The van der Waals surface area contributed by atoms with Crippen LogP contribution in [-0.4, -0.2) is 27.7 Å². The van der Waals surface area contributed by atoms with Crippen molar-refractivity contribution < 1.29 is 15.0 Å². The monoisotopic (exact) mass is 192 g/mol. The maximum Gasteiger partial charge on any atom is 0.337 e. The lowest BCUT2D eigenvalue weighted by molar-refractivity contribution is -0.132. The van der Waals surface area contributed by atoms with E-state index in [1.165, 1.54) is 6.20 Å². The second-order valence-electron chi connectivity index (χ2n) is 2.89. The van der Waals surface area contributed by atoms with Crippen LogP contribution >= 0.6 is 0 Å². The predicted octanol–water partition coefficient (Wildman–Crippen LogP) is 0.861. The van der Waals surface area contributed by atoms with E-state index in [1.54, 1.807) is 12.1 Å². The van der Waals surface area contributed by atoms with Gasteiger partial charge in [0, 0.05) is 6.20 Å². The van der Waals surface area contributed by atoms with E-state index in [0.29, 0.717) is 5.69 Å². The molecule has 0 aliphatic carbocycles. The minimum Gasteiger partial charge on any atom is -0.505 e. The highest BCUT2D eigenvalue weighted by atomic mass is 16.4. The van der Waals surface area contributed by atoms with Crippen molar-refractivity contribution in [1.82, 2.24) is 4.98 Å². The van der Waals surface area contributed by atoms with Gasteiger partial charge in [0.25, 0.3) is 0 Å². The number of nitrogens with zero attached hydrogens (tertiary/aromatic N) is 1. The Morgan fingerprint density at radius 3 is 3.07 bits per heavy atom. The molecule has 0 radical (unpaired) electrons. The number of carboxylic acids is 1. The minimum absolute atomic E-state index is 0.0591. The Hall–Kier alpha value is -2.04. The Bertz CT molecular complexity index is 426. The standard InChI is InChI=1S/C9H8N2O3/c12-8-5(9(13)14)4-11-6-2-1-3-10-7(6)8/h1-3,11-12H,4H2,(H,13,14). The summed E-state index contributed by atoms with van der Waals surface area (Å²) >= 11 is 0. The fraction of sp³-hybridized carbons (Fsp3) is 0.111. The molecule has 0 saturated carbocycles. The van der Waals surface area contributed by atoms with E-state index in [2.05, 4.69) is 10.3 Å². The van der Waals surface area contributed by atoms with Crippen LogP contribution in [0.4, 0.5) is 5.69 Å². The second kappa shape index (κ2) is 3.02. The zero-order valence-corrected chi connectivity index (χ0v) is 7.19. The molecule has 5 heteroatoms. The summed E-state index contributed by atoms with van der Waals surface area (Å²) in [5.41, 5.74) is 0.877. The molecular formula is C9H8N2O3. The molecule has 1 aromatic rings. The minimum atomic E-state index is -1.13. The topological polar surface area (TPSA) is 82.5 Å². The molecule has 0 aromatic carbocycles. The van der Waals surface area contributed by atoms with Gasteiger partial charge in [0.15, 0.2) is 5.76 Å². The summed E-state index contributed by atoms with van der Waals surface area (Å²) < 4.78 is 0. The third kappa shape index (κ3) is 1.19. The third-order valence-electron chi connectivity index (χ3n) is 2.03. The number of hydrogen-bond acceptors (Lipinski definition) is 4. The lowest BCUT2D eigenvalue weighted by atomic mass is 10.1. The van der Waals surface area contributed by atoms with Crippen molar-refractivity contribution in [3.8, 4) is 0 Å². The largest absolute Gasteiger partial charge is 0.505 e. The molecule has 1 aromatic heterocycles. The van der Waals surface area contributed by atoms with Crippen LogP contribution in [0.25, 0.3) is 5.76 Å². The number of aliphatic carboxylic acids is 1. The number of rotatable bonds is 1. The molecule has 14 heavy (non-hydrogen) atoms. The summed E-state index contributed by atoms with van der Waals surface area (Å²) in [5.74, 6) is -1.39. The summed E-state index contributed by atoms with van der Waals surface area (Å²) in [6.07, 6.45) is 1.50. The summed E-state index contributed by atoms with van der Waals surface area (Å²) in [6, 6.07) is 3.45. The molecule has 1 aliphatic rings.